The summed E-state index contributed by atoms with van der Waals surface area (Å²) in [5, 5.41) is 10.6. The predicted octanol–water partition coefficient (Wildman–Crippen LogP) is 3.95. The molecule has 10 nitrogen and oxygen atoms in total. The normalized spacial score (nSPS) is 21.9. The molecule has 0 radical (unpaired) electrons. The lowest BCUT2D eigenvalue weighted by Gasteiger charge is -2.51. The molecule has 6 rings (SSSR count). The van der Waals surface area contributed by atoms with Crippen LogP contribution >= 0.6 is 0 Å². The van der Waals surface area contributed by atoms with Crippen molar-refractivity contribution < 1.29 is 9.53 Å². The highest BCUT2D eigenvalue weighted by Gasteiger charge is 2.37. The van der Waals surface area contributed by atoms with Crippen LogP contribution in [0.4, 0.5) is 16.3 Å². The highest BCUT2D eigenvalue weighted by Crippen LogP contribution is 2.32. The van der Waals surface area contributed by atoms with Crippen molar-refractivity contribution in [2.75, 3.05) is 68.7 Å². The molecule has 3 aliphatic heterocycles. The number of piperazine rings is 3. The molecule has 3 aromatic rings. The number of fused-ring (bicyclic) bond motifs is 2. The van der Waals surface area contributed by atoms with Gasteiger partial charge < -0.3 is 19.4 Å². The van der Waals surface area contributed by atoms with Crippen LogP contribution in [0.25, 0.3) is 10.9 Å². The maximum atomic E-state index is 12.5. The van der Waals surface area contributed by atoms with Gasteiger partial charge in [0.25, 0.3) is 0 Å². The number of amides is 1. The van der Waals surface area contributed by atoms with Crippen LogP contribution in [-0.2, 0) is 11.3 Å². The van der Waals surface area contributed by atoms with Crippen LogP contribution in [0.2, 0.25) is 0 Å². The first kappa shape index (κ1) is 29.1. The number of ether oxygens (including phenoxy) is 1. The maximum absolute atomic E-state index is 12.5. The van der Waals surface area contributed by atoms with Crippen molar-refractivity contribution in [1.29, 1.82) is 5.26 Å². The fraction of sp³-hybridized carbons (Fsp3) is 0.515. The van der Waals surface area contributed by atoms with E-state index >= 15 is 0 Å². The van der Waals surface area contributed by atoms with Gasteiger partial charge in [-0.25, -0.2) is 9.78 Å². The molecule has 226 valence electrons. The fourth-order valence-corrected chi connectivity index (χ4v) is 6.73. The lowest BCUT2D eigenvalue weighted by molar-refractivity contribution is 0.0240. The number of rotatable bonds is 4. The second kappa shape index (κ2) is 12.0. The Bertz CT molecular complexity index is 1510. The first-order valence-electron chi connectivity index (χ1n) is 15.4. The van der Waals surface area contributed by atoms with Crippen molar-refractivity contribution in [3.63, 3.8) is 0 Å². The van der Waals surface area contributed by atoms with Gasteiger partial charge in [-0.1, -0.05) is 0 Å². The van der Waals surface area contributed by atoms with E-state index in [0.29, 0.717) is 30.7 Å². The summed E-state index contributed by atoms with van der Waals surface area (Å²) < 4.78 is 5.55. The van der Waals surface area contributed by atoms with Crippen LogP contribution < -0.4 is 9.80 Å². The van der Waals surface area contributed by atoms with E-state index in [9.17, 15) is 10.1 Å². The summed E-state index contributed by atoms with van der Waals surface area (Å²) >= 11 is 0. The third kappa shape index (κ3) is 6.38. The summed E-state index contributed by atoms with van der Waals surface area (Å²) in [6, 6.07) is 15.5. The standard InChI is InChI=1S/C33H42N8O2/c1-24-20-40(29-8-7-26(19-34)31-28(29)6-5-10-36-31)23-27-22-37(12-17-41(24)27)21-25-9-11-35-30(18-25)38-13-15-39(16-14-38)32(42)43-33(2,3)4/h5-11,18,24,27H,12-17,20-23H2,1-4H3/t24-,27-/m1/s1. The smallest absolute Gasteiger partial charge is 0.410 e. The first-order valence-corrected chi connectivity index (χ1v) is 15.4. The number of pyridine rings is 2. The van der Waals surface area contributed by atoms with Crippen molar-refractivity contribution >= 4 is 28.5 Å². The molecule has 5 heterocycles. The van der Waals surface area contributed by atoms with Gasteiger partial charge in [-0.2, -0.15) is 5.26 Å². The van der Waals surface area contributed by atoms with E-state index in [4.69, 9.17) is 4.74 Å². The molecule has 43 heavy (non-hydrogen) atoms. The average Bonchev–Trinajstić information content (AvgIpc) is 2.99. The Balaban J connectivity index is 1.10. The number of hydrogen-bond acceptors (Lipinski definition) is 9. The Morgan fingerprint density at radius 3 is 2.56 bits per heavy atom. The lowest BCUT2D eigenvalue weighted by Crippen LogP contribution is -2.65. The fourth-order valence-electron chi connectivity index (χ4n) is 6.73. The monoisotopic (exact) mass is 582 g/mol. The van der Waals surface area contributed by atoms with E-state index in [0.717, 1.165) is 74.8 Å². The van der Waals surface area contributed by atoms with E-state index in [2.05, 4.69) is 66.8 Å². The number of carbonyl (C=O) groups is 1. The van der Waals surface area contributed by atoms with Gasteiger partial charge in [0.1, 0.15) is 17.5 Å². The van der Waals surface area contributed by atoms with Gasteiger partial charge in [-0.05, 0) is 69.7 Å². The molecule has 0 saturated carbocycles. The molecule has 0 spiro atoms. The highest BCUT2D eigenvalue weighted by molar-refractivity contribution is 5.95. The molecule has 3 fully saturated rings. The van der Waals surface area contributed by atoms with Crippen LogP contribution in [0.5, 0.6) is 0 Å². The largest absolute Gasteiger partial charge is 0.444 e. The minimum Gasteiger partial charge on any atom is -0.444 e. The van der Waals surface area contributed by atoms with E-state index in [1.54, 1.807) is 11.1 Å². The molecule has 0 aliphatic carbocycles. The van der Waals surface area contributed by atoms with Crippen LogP contribution in [0, 0.1) is 11.3 Å². The topological polar surface area (TPSA) is 92.1 Å². The van der Waals surface area contributed by atoms with Gasteiger partial charge in [-0.3, -0.25) is 14.8 Å². The van der Waals surface area contributed by atoms with Gasteiger partial charge in [0.05, 0.1) is 11.1 Å². The van der Waals surface area contributed by atoms with Crippen molar-refractivity contribution in [1.82, 2.24) is 24.7 Å². The van der Waals surface area contributed by atoms with E-state index in [-0.39, 0.29) is 6.09 Å². The minimum atomic E-state index is -0.487. The second-order valence-electron chi connectivity index (χ2n) is 13.0. The zero-order valence-corrected chi connectivity index (χ0v) is 25.7. The van der Waals surface area contributed by atoms with Gasteiger partial charge >= 0.3 is 6.09 Å². The highest BCUT2D eigenvalue weighted by atomic mass is 16.6. The average molecular weight is 583 g/mol. The van der Waals surface area contributed by atoms with E-state index in [1.807, 2.05) is 39.1 Å². The molecule has 10 heteroatoms. The summed E-state index contributed by atoms with van der Waals surface area (Å²) in [4.78, 5) is 33.5. The summed E-state index contributed by atoms with van der Waals surface area (Å²) in [7, 11) is 0. The Morgan fingerprint density at radius 2 is 1.79 bits per heavy atom. The third-order valence-electron chi connectivity index (χ3n) is 8.77. The third-order valence-corrected chi connectivity index (χ3v) is 8.77. The van der Waals surface area contributed by atoms with Crippen LogP contribution in [0.1, 0.15) is 38.8 Å². The number of aromatic nitrogens is 2. The molecule has 2 aromatic heterocycles. The van der Waals surface area contributed by atoms with Gasteiger partial charge in [-0.15, -0.1) is 0 Å². The number of anilines is 2. The number of hydrogen-bond donors (Lipinski definition) is 0. The lowest BCUT2D eigenvalue weighted by atomic mass is 10.0. The Kier molecular flexibility index (Phi) is 8.12. The van der Waals surface area contributed by atoms with Crippen molar-refractivity contribution in [2.24, 2.45) is 0 Å². The molecular formula is C33H42N8O2. The Morgan fingerprint density at radius 1 is 0.977 bits per heavy atom. The van der Waals surface area contributed by atoms with Crippen molar-refractivity contribution in [3.05, 3.63) is 59.9 Å². The number of nitriles is 1. The van der Waals surface area contributed by atoms with Crippen molar-refractivity contribution in [2.45, 2.75) is 51.9 Å². The van der Waals surface area contributed by atoms with Gasteiger partial charge in [0.15, 0.2) is 0 Å². The van der Waals surface area contributed by atoms with Gasteiger partial charge in [0, 0.05) is 101 Å². The van der Waals surface area contributed by atoms with Crippen LogP contribution in [0.15, 0.2) is 48.8 Å². The summed E-state index contributed by atoms with van der Waals surface area (Å²) in [5.41, 5.74) is 3.34. The molecule has 1 aromatic carbocycles. The SMILES string of the molecule is C[C@@H]1CN(c2ccc(C#N)c3ncccc23)C[C@H]2CN(Cc3ccnc(N4CCN(C(=O)OC(C)(C)C)CC4)c3)CCN21. The van der Waals surface area contributed by atoms with Crippen molar-refractivity contribution in [3.8, 4) is 6.07 Å². The Labute approximate surface area is 254 Å². The van der Waals surface area contributed by atoms with Crippen LogP contribution in [-0.4, -0.2) is 107 Å². The molecular weight excluding hydrogens is 540 g/mol. The molecule has 3 aliphatic rings. The predicted molar refractivity (Wildman–Crippen MR) is 168 cm³/mol. The quantitative estimate of drug-likeness (QED) is 0.453. The van der Waals surface area contributed by atoms with E-state index < -0.39 is 5.60 Å². The molecule has 1 amide bonds. The number of carbonyl (C=O) groups excluding carboxylic acids is 1. The minimum absolute atomic E-state index is 0.243. The first-order chi connectivity index (χ1) is 20.7. The molecule has 0 bridgehead atoms. The Hall–Kier alpha value is -3.94. The zero-order chi connectivity index (χ0) is 30.1. The summed E-state index contributed by atoms with van der Waals surface area (Å²) in [6.07, 6.45) is 3.43. The summed E-state index contributed by atoms with van der Waals surface area (Å²) in [6.45, 7) is 16.6. The maximum Gasteiger partial charge on any atom is 0.410 e. The molecule has 0 unspecified atom stereocenters. The summed E-state index contributed by atoms with van der Waals surface area (Å²) in [5.74, 6) is 0.971. The molecule has 2 atom stereocenters. The number of benzene rings is 1. The van der Waals surface area contributed by atoms with Gasteiger partial charge in [0.2, 0.25) is 0 Å². The zero-order valence-electron chi connectivity index (χ0n) is 25.7. The van der Waals surface area contributed by atoms with E-state index in [1.165, 1.54) is 5.56 Å². The molecule has 0 N–H and O–H groups in total. The van der Waals surface area contributed by atoms with Crippen LogP contribution in [0.3, 0.4) is 0 Å². The molecule has 3 saturated heterocycles. The second-order valence-corrected chi connectivity index (χ2v) is 13.0. The number of nitrogens with zero attached hydrogens (tertiary/aromatic N) is 8.